The van der Waals surface area contributed by atoms with E-state index in [1.807, 2.05) is 105 Å². The van der Waals surface area contributed by atoms with Gasteiger partial charge in [-0.05, 0) is 54.2 Å². The van der Waals surface area contributed by atoms with Gasteiger partial charge in [0.25, 0.3) is 0 Å². The highest BCUT2D eigenvalue weighted by molar-refractivity contribution is 5.89. The average Bonchev–Trinajstić information content (AvgIpc) is 3.04. The van der Waals surface area contributed by atoms with Crippen LogP contribution in [0.25, 0.3) is 10.8 Å². The van der Waals surface area contributed by atoms with E-state index in [-0.39, 0.29) is 19.1 Å². The summed E-state index contributed by atoms with van der Waals surface area (Å²) in [5.74, 6) is -0.206. The Morgan fingerprint density at radius 3 is 2.09 bits per heavy atom. The molecule has 4 rings (SSSR count). The summed E-state index contributed by atoms with van der Waals surface area (Å²) >= 11 is 0. The summed E-state index contributed by atoms with van der Waals surface area (Å²) in [7, 11) is 0. The molecule has 0 unspecified atom stereocenters. The van der Waals surface area contributed by atoms with E-state index >= 15 is 0 Å². The van der Waals surface area contributed by atoms with Crippen LogP contribution in [-0.2, 0) is 38.5 Å². The first-order chi connectivity index (χ1) is 21.1. The van der Waals surface area contributed by atoms with Crippen LogP contribution in [0.3, 0.4) is 0 Å². The minimum absolute atomic E-state index is 0.111. The van der Waals surface area contributed by atoms with E-state index in [4.69, 9.17) is 14.2 Å². The average molecular weight is 583 g/mol. The van der Waals surface area contributed by atoms with Gasteiger partial charge in [-0.1, -0.05) is 103 Å². The zero-order valence-electron chi connectivity index (χ0n) is 25.1. The van der Waals surface area contributed by atoms with Gasteiger partial charge in [-0.25, -0.2) is 4.79 Å². The number of fused-ring (bicyclic) bond motifs is 1. The number of nitrogens with one attached hydrogen (secondary N) is 1. The highest BCUT2D eigenvalue weighted by Crippen LogP contribution is 2.21. The van der Waals surface area contributed by atoms with Crippen LogP contribution in [0.1, 0.15) is 37.0 Å². The van der Waals surface area contributed by atoms with Gasteiger partial charge in [0.1, 0.15) is 12.6 Å². The minimum Gasteiger partial charge on any atom is -0.445 e. The Balaban J connectivity index is 1.57. The van der Waals surface area contributed by atoms with Crippen molar-refractivity contribution in [2.75, 3.05) is 26.3 Å². The highest BCUT2D eigenvalue weighted by Gasteiger charge is 2.29. The van der Waals surface area contributed by atoms with E-state index in [1.165, 1.54) is 5.56 Å². The Hall–Kier alpha value is -4.20. The molecule has 2 amide bonds. The van der Waals surface area contributed by atoms with Gasteiger partial charge >= 0.3 is 6.09 Å². The lowest BCUT2D eigenvalue weighted by Crippen LogP contribution is -2.52. The molecule has 0 spiro atoms. The fourth-order valence-corrected chi connectivity index (χ4v) is 5.13. The van der Waals surface area contributed by atoms with E-state index < -0.39 is 18.4 Å². The second-order valence-corrected chi connectivity index (χ2v) is 10.3. The molecule has 0 saturated carbocycles. The normalized spacial score (nSPS) is 11.8. The molecule has 7 heteroatoms. The van der Waals surface area contributed by atoms with Gasteiger partial charge in [-0.15, -0.1) is 0 Å². The van der Waals surface area contributed by atoms with Gasteiger partial charge in [0, 0.05) is 26.2 Å². The van der Waals surface area contributed by atoms with Crippen molar-refractivity contribution in [2.24, 2.45) is 0 Å². The number of carbonyl (C=O) groups is 2. The number of hydrogen-bond donors (Lipinski definition) is 1. The summed E-state index contributed by atoms with van der Waals surface area (Å²) in [4.78, 5) is 29.2. The summed E-state index contributed by atoms with van der Waals surface area (Å²) in [6.45, 7) is 5.57. The Bertz CT molecular complexity index is 1400. The maximum atomic E-state index is 14.3. The Kier molecular flexibility index (Phi) is 12.6. The van der Waals surface area contributed by atoms with Gasteiger partial charge in [-0.2, -0.15) is 0 Å². The predicted molar refractivity (Wildman–Crippen MR) is 170 cm³/mol. The third kappa shape index (κ3) is 9.94. The number of aryl methyl sites for hydroxylation is 1. The van der Waals surface area contributed by atoms with Crippen molar-refractivity contribution in [1.82, 2.24) is 10.2 Å². The molecule has 43 heavy (non-hydrogen) atoms. The predicted octanol–water partition coefficient (Wildman–Crippen LogP) is 6.54. The van der Waals surface area contributed by atoms with Crippen LogP contribution >= 0.6 is 0 Å². The SMILES string of the molecule is CCOC(CN(CCCc1ccccc1)C(=O)[C@H](Cc1cccc2ccccc12)NC(=O)OCc1ccccc1)OCC. The molecule has 7 nitrogen and oxygen atoms in total. The molecule has 1 atom stereocenters. The lowest BCUT2D eigenvalue weighted by atomic mass is 9.98. The quantitative estimate of drug-likeness (QED) is 0.152. The first kappa shape index (κ1) is 31.7. The lowest BCUT2D eigenvalue weighted by Gasteiger charge is -2.31. The second-order valence-electron chi connectivity index (χ2n) is 10.3. The number of rotatable bonds is 16. The highest BCUT2D eigenvalue weighted by atomic mass is 16.7. The molecule has 0 heterocycles. The minimum atomic E-state index is -0.852. The van der Waals surface area contributed by atoms with E-state index in [9.17, 15) is 9.59 Å². The summed E-state index contributed by atoms with van der Waals surface area (Å²) in [6, 6.07) is 32.9. The molecule has 1 N–H and O–H groups in total. The molecular formula is C36H42N2O5. The zero-order chi connectivity index (χ0) is 30.3. The molecule has 0 aliphatic heterocycles. The van der Waals surface area contributed by atoms with Crippen molar-refractivity contribution in [3.8, 4) is 0 Å². The molecule has 0 aliphatic carbocycles. The first-order valence-electron chi connectivity index (χ1n) is 15.1. The van der Waals surface area contributed by atoms with Crippen LogP contribution in [0.15, 0.2) is 103 Å². The van der Waals surface area contributed by atoms with E-state index in [1.54, 1.807) is 4.90 Å². The van der Waals surface area contributed by atoms with Crippen molar-refractivity contribution in [2.45, 2.75) is 52.0 Å². The number of benzene rings is 4. The maximum Gasteiger partial charge on any atom is 0.408 e. The Morgan fingerprint density at radius 1 is 0.767 bits per heavy atom. The second kappa shape index (κ2) is 17.0. The van der Waals surface area contributed by atoms with E-state index in [2.05, 4.69) is 17.4 Å². The Labute approximate surface area is 254 Å². The summed E-state index contributed by atoms with van der Waals surface area (Å²) in [5.41, 5.74) is 3.04. The first-order valence-corrected chi connectivity index (χ1v) is 15.1. The van der Waals surface area contributed by atoms with Crippen LogP contribution in [0.5, 0.6) is 0 Å². The van der Waals surface area contributed by atoms with Crippen molar-refractivity contribution in [3.05, 3.63) is 120 Å². The van der Waals surface area contributed by atoms with Crippen molar-refractivity contribution >= 4 is 22.8 Å². The molecule has 0 aliphatic rings. The third-order valence-electron chi connectivity index (χ3n) is 7.23. The van der Waals surface area contributed by atoms with Crippen LogP contribution in [-0.4, -0.2) is 55.5 Å². The van der Waals surface area contributed by atoms with Gasteiger partial charge < -0.3 is 24.4 Å². The van der Waals surface area contributed by atoms with Crippen LogP contribution in [0.2, 0.25) is 0 Å². The van der Waals surface area contributed by atoms with Gasteiger partial charge in [0.15, 0.2) is 6.29 Å². The van der Waals surface area contributed by atoms with Crippen LogP contribution in [0.4, 0.5) is 4.79 Å². The van der Waals surface area contributed by atoms with Crippen LogP contribution < -0.4 is 5.32 Å². The van der Waals surface area contributed by atoms with Gasteiger partial charge in [0.05, 0.1) is 6.54 Å². The van der Waals surface area contributed by atoms with Crippen molar-refractivity contribution in [3.63, 3.8) is 0 Å². The molecule has 0 bridgehead atoms. The third-order valence-corrected chi connectivity index (χ3v) is 7.23. The number of nitrogens with zero attached hydrogens (tertiary/aromatic N) is 1. The number of ether oxygens (including phenoxy) is 3. The maximum absolute atomic E-state index is 14.3. The van der Waals surface area contributed by atoms with E-state index in [0.717, 1.165) is 34.7 Å². The van der Waals surface area contributed by atoms with Crippen LogP contribution in [0, 0.1) is 0 Å². The summed E-state index contributed by atoms with van der Waals surface area (Å²) in [6.07, 6.45) is 0.667. The monoisotopic (exact) mass is 582 g/mol. The molecule has 0 fully saturated rings. The number of alkyl carbamates (subject to hydrolysis) is 1. The lowest BCUT2D eigenvalue weighted by molar-refractivity contribution is -0.160. The van der Waals surface area contributed by atoms with Crippen molar-refractivity contribution in [1.29, 1.82) is 0 Å². The number of amides is 2. The van der Waals surface area contributed by atoms with Crippen molar-refractivity contribution < 1.29 is 23.8 Å². The molecular weight excluding hydrogens is 540 g/mol. The van der Waals surface area contributed by atoms with Gasteiger partial charge in [0.2, 0.25) is 5.91 Å². The largest absolute Gasteiger partial charge is 0.445 e. The number of hydrogen-bond acceptors (Lipinski definition) is 5. The zero-order valence-corrected chi connectivity index (χ0v) is 25.1. The molecule has 0 radical (unpaired) electrons. The standard InChI is InChI=1S/C36H42N2O5/c1-3-41-34(42-4-2)26-38(24-14-19-28-15-7-5-8-16-28)35(39)33(37-36(40)43-27-29-17-9-6-10-18-29)25-31-22-13-21-30-20-11-12-23-32(30)31/h5-13,15-18,20-23,33-34H,3-4,14,19,24-27H2,1-2H3,(H,37,40)/t33-/m0/s1. The fourth-order valence-electron chi connectivity index (χ4n) is 5.13. The topological polar surface area (TPSA) is 77.1 Å². The number of carbonyl (C=O) groups excluding carboxylic acids is 2. The summed E-state index contributed by atoms with van der Waals surface area (Å²) in [5, 5.41) is 5.01. The smallest absolute Gasteiger partial charge is 0.408 e. The summed E-state index contributed by atoms with van der Waals surface area (Å²) < 4.78 is 17.2. The molecule has 4 aromatic carbocycles. The van der Waals surface area contributed by atoms with Gasteiger partial charge in [-0.3, -0.25) is 4.79 Å². The molecule has 0 saturated heterocycles. The Morgan fingerprint density at radius 2 is 1.40 bits per heavy atom. The molecule has 4 aromatic rings. The fraction of sp³-hybridized carbons (Fsp3) is 0.333. The molecule has 226 valence electrons. The van der Waals surface area contributed by atoms with E-state index in [0.29, 0.717) is 26.2 Å². The molecule has 0 aromatic heterocycles.